The zero-order valence-corrected chi connectivity index (χ0v) is 11.3. The Morgan fingerprint density at radius 2 is 2.11 bits per heavy atom. The van der Waals surface area contributed by atoms with Crippen molar-refractivity contribution in [3.8, 4) is 5.75 Å². The lowest BCUT2D eigenvalue weighted by Crippen LogP contribution is -2.30. The number of halogens is 1. The maximum atomic E-state index is 11.9. The summed E-state index contributed by atoms with van der Waals surface area (Å²) in [5, 5.41) is 0.558. The summed E-state index contributed by atoms with van der Waals surface area (Å²) >= 11 is 5.96. The Balaban J connectivity index is 1.83. The van der Waals surface area contributed by atoms with Gasteiger partial charge in [0.1, 0.15) is 12.4 Å². The van der Waals surface area contributed by atoms with Gasteiger partial charge in [0.05, 0.1) is 17.8 Å². The van der Waals surface area contributed by atoms with Crippen molar-refractivity contribution in [1.82, 2.24) is 4.90 Å². The van der Waals surface area contributed by atoms with Crippen LogP contribution < -0.4 is 4.74 Å². The van der Waals surface area contributed by atoms with Gasteiger partial charge in [-0.2, -0.15) is 0 Å². The first-order valence-corrected chi connectivity index (χ1v) is 6.22. The lowest BCUT2D eigenvalue weighted by molar-refractivity contribution is 0.0742. The van der Waals surface area contributed by atoms with Gasteiger partial charge in [0.2, 0.25) is 0 Å². The number of furan rings is 1. The number of amides is 1. The maximum absolute atomic E-state index is 11.9. The highest BCUT2D eigenvalue weighted by Crippen LogP contribution is 2.22. The summed E-state index contributed by atoms with van der Waals surface area (Å²) in [6.07, 6.45) is 1.47. The van der Waals surface area contributed by atoms with Crippen LogP contribution in [0.4, 0.5) is 0 Å². The Bertz CT molecular complexity index is 539. The predicted octanol–water partition coefficient (Wildman–Crippen LogP) is 3.08. The first kappa shape index (κ1) is 13.5. The van der Waals surface area contributed by atoms with Gasteiger partial charge >= 0.3 is 0 Å². The van der Waals surface area contributed by atoms with Gasteiger partial charge in [-0.3, -0.25) is 4.79 Å². The molecule has 4 nitrogen and oxygen atoms in total. The topological polar surface area (TPSA) is 42.7 Å². The number of carbonyl (C=O) groups excluding carboxylic acids is 1. The molecule has 0 aliphatic carbocycles. The summed E-state index contributed by atoms with van der Waals surface area (Å²) < 4.78 is 10.6. The molecule has 1 aromatic heterocycles. The third kappa shape index (κ3) is 3.51. The molecule has 1 aromatic carbocycles. The van der Waals surface area contributed by atoms with E-state index in [1.54, 1.807) is 31.3 Å². The van der Waals surface area contributed by atoms with Crippen molar-refractivity contribution in [2.75, 3.05) is 20.2 Å². The quantitative estimate of drug-likeness (QED) is 0.845. The highest BCUT2D eigenvalue weighted by molar-refractivity contribution is 6.32. The Hall–Kier alpha value is -1.94. The molecule has 0 bridgehead atoms. The van der Waals surface area contributed by atoms with E-state index in [2.05, 4.69) is 0 Å². The third-order valence-corrected chi connectivity index (χ3v) is 2.91. The molecule has 0 saturated carbocycles. The molecule has 2 rings (SSSR count). The van der Waals surface area contributed by atoms with Crippen molar-refractivity contribution >= 4 is 17.5 Å². The van der Waals surface area contributed by atoms with Gasteiger partial charge in [-0.25, -0.2) is 0 Å². The molecule has 100 valence electrons. The van der Waals surface area contributed by atoms with Gasteiger partial charge in [-0.1, -0.05) is 23.7 Å². The zero-order valence-electron chi connectivity index (χ0n) is 10.5. The van der Waals surface area contributed by atoms with Crippen molar-refractivity contribution in [1.29, 1.82) is 0 Å². The van der Waals surface area contributed by atoms with Crippen molar-refractivity contribution in [2.24, 2.45) is 0 Å². The van der Waals surface area contributed by atoms with Gasteiger partial charge in [0.15, 0.2) is 5.76 Å². The Morgan fingerprint density at radius 1 is 1.32 bits per heavy atom. The second-order valence-corrected chi connectivity index (χ2v) is 4.39. The van der Waals surface area contributed by atoms with E-state index in [4.69, 9.17) is 20.8 Å². The van der Waals surface area contributed by atoms with Crippen LogP contribution in [0.1, 0.15) is 10.6 Å². The second-order valence-electron chi connectivity index (χ2n) is 3.98. The highest BCUT2D eigenvalue weighted by atomic mass is 35.5. The van der Waals surface area contributed by atoms with E-state index in [1.165, 1.54) is 11.2 Å². The molecule has 19 heavy (non-hydrogen) atoms. The first-order valence-electron chi connectivity index (χ1n) is 5.85. The number of para-hydroxylation sites is 1. The average molecular weight is 280 g/mol. The highest BCUT2D eigenvalue weighted by Gasteiger charge is 2.14. The fourth-order valence-electron chi connectivity index (χ4n) is 1.54. The van der Waals surface area contributed by atoms with Crippen LogP contribution in [0.3, 0.4) is 0 Å². The molecule has 0 aliphatic heterocycles. The first-order chi connectivity index (χ1) is 9.18. The normalized spacial score (nSPS) is 10.2. The summed E-state index contributed by atoms with van der Waals surface area (Å²) in [7, 11) is 1.70. The predicted molar refractivity (Wildman–Crippen MR) is 72.6 cm³/mol. The summed E-state index contributed by atoms with van der Waals surface area (Å²) in [5.41, 5.74) is 0. The van der Waals surface area contributed by atoms with E-state index in [1.807, 2.05) is 12.1 Å². The minimum absolute atomic E-state index is 0.173. The number of ether oxygens (including phenoxy) is 1. The van der Waals surface area contributed by atoms with E-state index in [9.17, 15) is 4.79 Å². The smallest absolute Gasteiger partial charge is 0.289 e. The Morgan fingerprint density at radius 3 is 2.79 bits per heavy atom. The van der Waals surface area contributed by atoms with Gasteiger partial charge in [-0.15, -0.1) is 0 Å². The average Bonchev–Trinajstić information content (AvgIpc) is 2.94. The number of likely N-dealkylation sites (N-methyl/N-ethyl adjacent to an activating group) is 1. The molecular formula is C14H14ClNO3. The van der Waals surface area contributed by atoms with E-state index in [0.29, 0.717) is 29.7 Å². The molecule has 1 heterocycles. The molecule has 0 radical (unpaired) electrons. The van der Waals surface area contributed by atoms with Crippen LogP contribution in [0.25, 0.3) is 0 Å². The fraction of sp³-hybridized carbons (Fsp3) is 0.214. The maximum Gasteiger partial charge on any atom is 0.289 e. The molecule has 0 fully saturated rings. The second kappa shape index (κ2) is 6.29. The van der Waals surface area contributed by atoms with Crippen LogP contribution in [-0.2, 0) is 0 Å². The van der Waals surface area contributed by atoms with Crippen LogP contribution in [-0.4, -0.2) is 31.0 Å². The number of rotatable bonds is 5. The standard InChI is InChI=1S/C14H14ClNO3/c1-16(14(17)13-7-4-9-18-13)8-10-19-12-6-3-2-5-11(12)15/h2-7,9H,8,10H2,1H3. The van der Waals surface area contributed by atoms with Crippen molar-refractivity contribution in [3.05, 3.63) is 53.4 Å². The number of carbonyl (C=O) groups is 1. The van der Waals surface area contributed by atoms with Crippen LogP contribution in [0.2, 0.25) is 5.02 Å². The van der Waals surface area contributed by atoms with E-state index < -0.39 is 0 Å². The number of hydrogen-bond donors (Lipinski definition) is 0. The molecule has 0 N–H and O–H groups in total. The monoisotopic (exact) mass is 279 g/mol. The third-order valence-electron chi connectivity index (χ3n) is 2.60. The number of benzene rings is 1. The molecule has 2 aromatic rings. The van der Waals surface area contributed by atoms with Gasteiger partial charge in [0, 0.05) is 7.05 Å². The SMILES string of the molecule is CN(CCOc1ccccc1Cl)C(=O)c1ccco1. The molecule has 0 spiro atoms. The van der Waals surface area contributed by atoms with Crippen molar-refractivity contribution in [3.63, 3.8) is 0 Å². The molecular weight excluding hydrogens is 266 g/mol. The Labute approximate surface area is 116 Å². The lowest BCUT2D eigenvalue weighted by atomic mass is 10.3. The molecule has 0 unspecified atom stereocenters. The summed E-state index contributed by atoms with van der Waals surface area (Å²) in [6, 6.07) is 10.5. The van der Waals surface area contributed by atoms with Crippen LogP contribution in [0.15, 0.2) is 47.1 Å². The summed E-state index contributed by atoms with van der Waals surface area (Å²) in [4.78, 5) is 13.4. The van der Waals surface area contributed by atoms with Crippen LogP contribution >= 0.6 is 11.6 Å². The van der Waals surface area contributed by atoms with E-state index in [0.717, 1.165) is 0 Å². The molecule has 5 heteroatoms. The molecule has 1 amide bonds. The fourth-order valence-corrected chi connectivity index (χ4v) is 1.73. The van der Waals surface area contributed by atoms with Crippen LogP contribution in [0, 0.1) is 0 Å². The van der Waals surface area contributed by atoms with Crippen molar-refractivity contribution in [2.45, 2.75) is 0 Å². The van der Waals surface area contributed by atoms with Crippen molar-refractivity contribution < 1.29 is 13.9 Å². The minimum atomic E-state index is -0.173. The summed E-state index contributed by atoms with van der Waals surface area (Å²) in [6.45, 7) is 0.817. The minimum Gasteiger partial charge on any atom is -0.490 e. The van der Waals surface area contributed by atoms with Crippen LogP contribution in [0.5, 0.6) is 5.75 Å². The van der Waals surface area contributed by atoms with Gasteiger partial charge < -0.3 is 14.1 Å². The Kier molecular flexibility index (Phi) is 4.47. The molecule has 0 atom stereocenters. The van der Waals surface area contributed by atoms with Gasteiger partial charge in [0.25, 0.3) is 5.91 Å². The largest absolute Gasteiger partial charge is 0.490 e. The van der Waals surface area contributed by atoms with E-state index in [-0.39, 0.29) is 5.91 Å². The number of hydrogen-bond acceptors (Lipinski definition) is 3. The molecule has 0 saturated heterocycles. The number of nitrogens with zero attached hydrogens (tertiary/aromatic N) is 1. The zero-order chi connectivity index (χ0) is 13.7. The van der Waals surface area contributed by atoms with E-state index >= 15 is 0 Å². The molecule has 0 aliphatic rings. The summed E-state index contributed by atoms with van der Waals surface area (Å²) in [5.74, 6) is 0.760. The lowest BCUT2D eigenvalue weighted by Gasteiger charge is -2.16. The van der Waals surface area contributed by atoms with Gasteiger partial charge in [-0.05, 0) is 24.3 Å².